The van der Waals surface area contributed by atoms with Crippen LogP contribution in [0.1, 0.15) is 16.6 Å². The number of thioether (sulfide) groups is 1. The molecule has 10 heteroatoms. The molecule has 2 amide bonds. The number of carbonyl (C=O) groups is 2. The molecule has 1 aliphatic rings. The van der Waals surface area contributed by atoms with Crippen molar-refractivity contribution in [2.24, 2.45) is 0 Å². The average molecular weight is 411 g/mol. The molecule has 0 saturated heterocycles. The van der Waals surface area contributed by atoms with Crippen LogP contribution >= 0.6 is 34.7 Å². The largest absolute Gasteiger partial charge is 0.466 e. The van der Waals surface area contributed by atoms with Crippen molar-refractivity contribution in [2.75, 3.05) is 12.9 Å². The maximum absolute atomic E-state index is 12.4. The first kappa shape index (κ1) is 18.7. The summed E-state index contributed by atoms with van der Waals surface area (Å²) in [4.78, 5) is 24.6. The topological polar surface area (TPSA) is 93.2 Å². The van der Waals surface area contributed by atoms with Gasteiger partial charge in [0.25, 0.3) is 0 Å². The molecule has 0 aliphatic carbocycles. The minimum Gasteiger partial charge on any atom is -0.466 e. The Morgan fingerprint density at radius 1 is 1.38 bits per heavy atom. The summed E-state index contributed by atoms with van der Waals surface area (Å²) in [6.45, 7) is 1.86. The van der Waals surface area contributed by atoms with Crippen molar-refractivity contribution in [3.8, 4) is 0 Å². The molecule has 2 N–H and O–H groups in total. The Labute approximate surface area is 163 Å². The minimum absolute atomic E-state index is 0.314. The lowest BCUT2D eigenvalue weighted by atomic mass is 9.95. The van der Waals surface area contributed by atoms with Gasteiger partial charge in [0.2, 0.25) is 0 Å². The molecule has 136 valence electrons. The van der Waals surface area contributed by atoms with Gasteiger partial charge in [-0.3, -0.25) is 0 Å². The summed E-state index contributed by atoms with van der Waals surface area (Å²) in [5, 5.41) is 14.7. The van der Waals surface area contributed by atoms with Crippen molar-refractivity contribution in [3.05, 3.63) is 51.1 Å². The number of rotatable bonds is 5. The van der Waals surface area contributed by atoms with Crippen LogP contribution in [0, 0.1) is 6.92 Å². The van der Waals surface area contributed by atoms with Crippen LogP contribution in [0.5, 0.6) is 0 Å². The van der Waals surface area contributed by atoms with Gasteiger partial charge in [0.05, 0.1) is 18.7 Å². The van der Waals surface area contributed by atoms with Crippen LogP contribution in [0.3, 0.4) is 0 Å². The second-order valence-electron chi connectivity index (χ2n) is 5.31. The van der Waals surface area contributed by atoms with E-state index < -0.39 is 18.0 Å². The lowest BCUT2D eigenvalue weighted by molar-refractivity contribution is -0.136. The van der Waals surface area contributed by atoms with E-state index in [1.54, 1.807) is 24.3 Å². The number of urea groups is 1. The van der Waals surface area contributed by atoms with Gasteiger partial charge in [-0.2, -0.15) is 0 Å². The summed E-state index contributed by atoms with van der Waals surface area (Å²) in [6.07, 6.45) is 0. The van der Waals surface area contributed by atoms with E-state index in [2.05, 4.69) is 20.8 Å². The highest BCUT2D eigenvalue weighted by atomic mass is 35.5. The number of esters is 1. The molecule has 2 heterocycles. The zero-order chi connectivity index (χ0) is 18.7. The van der Waals surface area contributed by atoms with Crippen molar-refractivity contribution in [3.63, 3.8) is 0 Å². The number of nitrogens with zero attached hydrogens (tertiary/aromatic N) is 2. The second kappa shape index (κ2) is 8.07. The maximum atomic E-state index is 12.4. The average Bonchev–Trinajstić information content (AvgIpc) is 3.04. The van der Waals surface area contributed by atoms with E-state index >= 15 is 0 Å². The summed E-state index contributed by atoms with van der Waals surface area (Å²) in [7, 11) is 1.30. The molecule has 0 bridgehead atoms. The molecule has 1 aliphatic heterocycles. The van der Waals surface area contributed by atoms with Gasteiger partial charge in [0, 0.05) is 16.5 Å². The predicted molar refractivity (Wildman–Crippen MR) is 100 cm³/mol. The van der Waals surface area contributed by atoms with E-state index in [0.717, 1.165) is 9.35 Å². The molecular weight excluding hydrogens is 396 g/mol. The third-order valence-corrected chi connectivity index (χ3v) is 5.97. The molecule has 1 aromatic heterocycles. The van der Waals surface area contributed by atoms with Crippen molar-refractivity contribution < 1.29 is 14.3 Å². The summed E-state index contributed by atoms with van der Waals surface area (Å²) in [5.41, 5.74) is 1.40. The molecule has 0 unspecified atom stereocenters. The van der Waals surface area contributed by atoms with E-state index in [4.69, 9.17) is 16.3 Å². The van der Waals surface area contributed by atoms with Crippen molar-refractivity contribution in [2.45, 2.75) is 17.3 Å². The molecule has 0 spiro atoms. The summed E-state index contributed by atoms with van der Waals surface area (Å²) in [5.74, 6) is -0.195. The Hall–Kier alpha value is -2.10. The van der Waals surface area contributed by atoms with Crippen molar-refractivity contribution >= 4 is 46.7 Å². The monoisotopic (exact) mass is 410 g/mol. The predicted octanol–water partition coefficient (Wildman–Crippen LogP) is 3.07. The van der Waals surface area contributed by atoms with Gasteiger partial charge in [-0.25, -0.2) is 9.59 Å². The SMILES string of the molecule is COC(=O)C1=C(CSc2nnc(C)s2)NC(=O)N[C@H]1c1ccccc1Cl. The molecule has 2 aromatic rings. The van der Waals surface area contributed by atoms with Gasteiger partial charge >= 0.3 is 12.0 Å². The van der Waals surface area contributed by atoms with Gasteiger partial charge < -0.3 is 15.4 Å². The highest BCUT2D eigenvalue weighted by Crippen LogP contribution is 2.34. The number of nitrogens with one attached hydrogen (secondary N) is 2. The number of amides is 2. The van der Waals surface area contributed by atoms with Crippen LogP contribution in [0.2, 0.25) is 5.02 Å². The highest BCUT2D eigenvalue weighted by molar-refractivity contribution is 8.01. The first-order valence-corrected chi connectivity index (χ1v) is 9.73. The molecule has 3 rings (SSSR count). The smallest absolute Gasteiger partial charge is 0.338 e. The molecular formula is C16H15ClN4O3S2. The molecule has 0 fully saturated rings. The van der Waals surface area contributed by atoms with E-state index in [0.29, 0.717) is 27.6 Å². The molecule has 1 aromatic carbocycles. The van der Waals surface area contributed by atoms with E-state index in [1.165, 1.54) is 30.2 Å². The fourth-order valence-electron chi connectivity index (χ4n) is 2.50. The normalized spacial score (nSPS) is 16.9. The van der Waals surface area contributed by atoms with E-state index in [-0.39, 0.29) is 0 Å². The minimum atomic E-state index is -0.698. The van der Waals surface area contributed by atoms with Gasteiger partial charge in [0.15, 0.2) is 4.34 Å². The van der Waals surface area contributed by atoms with Gasteiger partial charge in [-0.1, -0.05) is 52.9 Å². The van der Waals surface area contributed by atoms with Crippen molar-refractivity contribution in [1.29, 1.82) is 0 Å². The maximum Gasteiger partial charge on any atom is 0.338 e. The third kappa shape index (κ3) is 4.00. The number of carbonyl (C=O) groups excluding carboxylic acids is 2. The molecule has 0 radical (unpaired) electrons. The quantitative estimate of drug-likeness (QED) is 0.581. The number of benzene rings is 1. The highest BCUT2D eigenvalue weighted by Gasteiger charge is 2.34. The number of methoxy groups -OCH3 is 1. The van der Waals surface area contributed by atoms with Crippen LogP contribution in [-0.2, 0) is 9.53 Å². The third-order valence-electron chi connectivity index (χ3n) is 3.62. The van der Waals surface area contributed by atoms with Crippen LogP contribution in [0.15, 0.2) is 39.9 Å². The standard InChI is InChI=1S/C16H15ClN4O3S2/c1-8-20-21-16(26-8)25-7-11-12(14(22)24-2)13(19-15(23)18-11)9-5-3-4-6-10(9)17/h3-6,13H,7H2,1-2H3,(H2,18,19,23)/t13-/m0/s1. The zero-order valence-corrected chi connectivity index (χ0v) is 16.3. The first-order chi connectivity index (χ1) is 12.5. The fraction of sp³-hybridized carbons (Fsp3) is 0.250. The van der Waals surface area contributed by atoms with Crippen molar-refractivity contribution in [1.82, 2.24) is 20.8 Å². The van der Waals surface area contributed by atoms with Gasteiger partial charge in [-0.15, -0.1) is 10.2 Å². The number of hydrogen-bond acceptors (Lipinski definition) is 7. The Kier molecular flexibility index (Phi) is 5.80. The molecule has 0 saturated carbocycles. The lowest BCUT2D eigenvalue weighted by Gasteiger charge is -2.29. The summed E-state index contributed by atoms with van der Waals surface area (Å²) >= 11 is 9.10. The molecule has 1 atom stereocenters. The number of hydrogen-bond donors (Lipinski definition) is 2. The zero-order valence-electron chi connectivity index (χ0n) is 13.9. The fourth-order valence-corrected chi connectivity index (χ4v) is 4.53. The molecule has 26 heavy (non-hydrogen) atoms. The van der Waals surface area contributed by atoms with Gasteiger partial charge in [0.1, 0.15) is 5.01 Å². The van der Waals surface area contributed by atoms with Crippen LogP contribution in [0.25, 0.3) is 0 Å². The number of ether oxygens (including phenoxy) is 1. The number of aryl methyl sites for hydroxylation is 1. The van der Waals surface area contributed by atoms with Gasteiger partial charge in [-0.05, 0) is 18.6 Å². The summed E-state index contributed by atoms with van der Waals surface area (Å²) < 4.78 is 5.69. The Balaban J connectivity index is 1.98. The number of aromatic nitrogens is 2. The second-order valence-corrected chi connectivity index (χ2v) is 8.12. The van der Waals surface area contributed by atoms with Crippen LogP contribution in [-0.4, -0.2) is 35.1 Å². The van der Waals surface area contributed by atoms with E-state index in [1.807, 2.05) is 6.92 Å². The Morgan fingerprint density at radius 3 is 2.81 bits per heavy atom. The van der Waals surface area contributed by atoms with E-state index in [9.17, 15) is 9.59 Å². The van der Waals surface area contributed by atoms with Crippen LogP contribution < -0.4 is 10.6 Å². The van der Waals surface area contributed by atoms with Crippen LogP contribution in [0.4, 0.5) is 4.79 Å². The summed E-state index contributed by atoms with van der Waals surface area (Å²) in [6, 6.07) is 5.94. The Bertz CT molecular complexity index is 884. The first-order valence-electron chi connectivity index (χ1n) is 7.55. The Morgan fingerprint density at radius 2 is 2.15 bits per heavy atom. The lowest BCUT2D eigenvalue weighted by Crippen LogP contribution is -2.46. The molecule has 7 nitrogen and oxygen atoms in total. The number of halogens is 1.